The molecule has 0 spiro atoms. The molecule has 7 atom stereocenters. The molecule has 4 aliphatic carbocycles. The molecule has 0 radical (unpaired) electrons. The van der Waals surface area contributed by atoms with E-state index in [1.54, 1.807) is 12.5 Å². The Hall–Kier alpha value is -2.36. The van der Waals surface area contributed by atoms with Crippen LogP contribution in [0, 0.1) is 28.6 Å². The van der Waals surface area contributed by atoms with Gasteiger partial charge in [0.25, 0.3) is 0 Å². The average molecular weight is 459 g/mol. The van der Waals surface area contributed by atoms with Crippen molar-refractivity contribution in [3.05, 3.63) is 59.9 Å². The molecular formula is C30H38N2O2. The minimum Gasteiger partial charge on any atom is -0.462 e. The zero-order valence-corrected chi connectivity index (χ0v) is 20.9. The molecule has 34 heavy (non-hydrogen) atoms. The molecule has 2 aromatic rings. The van der Waals surface area contributed by atoms with Crippen molar-refractivity contribution in [1.82, 2.24) is 9.78 Å². The standard InChI is InChI=1S/C30H38N2O2/c1-20(33)34-23-13-16-29(2)21(19-23)9-10-24-25-11-12-27(30(25,3)17-14-26(24)29)28-15-18-31-32(28)22-7-5-4-6-8-22/h4-9,15,18,23-27H,10-14,16-17,19H2,1-3H3. The van der Waals surface area contributed by atoms with Crippen molar-refractivity contribution < 1.29 is 9.53 Å². The summed E-state index contributed by atoms with van der Waals surface area (Å²) in [4.78, 5) is 11.5. The van der Waals surface area contributed by atoms with Gasteiger partial charge >= 0.3 is 5.97 Å². The Bertz CT molecular complexity index is 1100. The van der Waals surface area contributed by atoms with Gasteiger partial charge in [-0.15, -0.1) is 0 Å². The van der Waals surface area contributed by atoms with Gasteiger partial charge in [-0.3, -0.25) is 4.79 Å². The molecular weight excluding hydrogens is 420 g/mol. The second-order valence-electron chi connectivity index (χ2n) is 11.9. The van der Waals surface area contributed by atoms with Gasteiger partial charge in [-0.05, 0) is 91.7 Å². The highest BCUT2D eigenvalue weighted by atomic mass is 16.5. The summed E-state index contributed by atoms with van der Waals surface area (Å²) >= 11 is 0. The smallest absolute Gasteiger partial charge is 0.302 e. The lowest BCUT2D eigenvalue weighted by molar-refractivity contribution is -0.148. The highest BCUT2D eigenvalue weighted by Gasteiger charge is 2.59. The van der Waals surface area contributed by atoms with Crippen molar-refractivity contribution in [1.29, 1.82) is 0 Å². The average Bonchev–Trinajstić information content (AvgIpc) is 3.43. The molecule has 4 heteroatoms. The predicted octanol–water partition coefficient (Wildman–Crippen LogP) is 6.85. The van der Waals surface area contributed by atoms with E-state index in [4.69, 9.17) is 9.84 Å². The zero-order valence-electron chi connectivity index (χ0n) is 20.9. The van der Waals surface area contributed by atoms with E-state index in [2.05, 4.69) is 61.0 Å². The first-order chi connectivity index (χ1) is 16.4. The molecule has 3 fully saturated rings. The van der Waals surface area contributed by atoms with Gasteiger partial charge in [0.15, 0.2) is 0 Å². The quantitative estimate of drug-likeness (QED) is 0.373. The minimum atomic E-state index is -0.136. The number of hydrogen-bond acceptors (Lipinski definition) is 3. The third-order valence-corrected chi connectivity index (χ3v) is 10.4. The van der Waals surface area contributed by atoms with Crippen LogP contribution in [0.3, 0.4) is 0 Å². The van der Waals surface area contributed by atoms with Crippen LogP contribution in [0.15, 0.2) is 54.2 Å². The van der Waals surface area contributed by atoms with Crippen molar-refractivity contribution in [3.63, 3.8) is 0 Å². The summed E-state index contributed by atoms with van der Waals surface area (Å²) in [6.45, 7) is 6.66. The predicted molar refractivity (Wildman–Crippen MR) is 134 cm³/mol. The number of hydrogen-bond donors (Lipinski definition) is 0. The number of esters is 1. The largest absolute Gasteiger partial charge is 0.462 e. The van der Waals surface area contributed by atoms with Crippen LogP contribution in [0.2, 0.25) is 0 Å². The van der Waals surface area contributed by atoms with Crippen LogP contribution in [0.5, 0.6) is 0 Å². The van der Waals surface area contributed by atoms with E-state index in [1.165, 1.54) is 43.5 Å². The lowest BCUT2D eigenvalue weighted by Crippen LogP contribution is -2.50. The summed E-state index contributed by atoms with van der Waals surface area (Å²) in [7, 11) is 0. The number of carbonyl (C=O) groups is 1. The Kier molecular flexibility index (Phi) is 5.27. The minimum absolute atomic E-state index is 0.0800. The first-order valence-corrected chi connectivity index (χ1v) is 13.4. The fraction of sp³-hybridized carbons (Fsp3) is 0.600. The number of ether oxygens (including phenoxy) is 1. The Morgan fingerprint density at radius 2 is 1.85 bits per heavy atom. The molecule has 1 aromatic carbocycles. The molecule has 1 heterocycles. The summed E-state index contributed by atoms with van der Waals surface area (Å²) in [5, 5.41) is 4.75. The maximum Gasteiger partial charge on any atom is 0.302 e. The molecule has 4 aliphatic rings. The molecule has 7 unspecified atom stereocenters. The molecule has 1 aromatic heterocycles. The highest BCUT2D eigenvalue weighted by molar-refractivity contribution is 5.66. The normalized spacial score (nSPS) is 38.9. The van der Waals surface area contributed by atoms with Crippen molar-refractivity contribution in [2.75, 3.05) is 0 Å². The topological polar surface area (TPSA) is 44.1 Å². The third kappa shape index (κ3) is 3.31. The van der Waals surface area contributed by atoms with Crippen LogP contribution in [-0.2, 0) is 9.53 Å². The SMILES string of the molecule is CC(=O)OC1CCC2(C)C(=CCC3C2CCC2(C)C(c4ccnn4-c4ccccc4)CCC32)C1. The molecule has 6 rings (SSSR count). The van der Waals surface area contributed by atoms with Crippen molar-refractivity contribution in [2.45, 2.75) is 84.2 Å². The van der Waals surface area contributed by atoms with Crippen LogP contribution >= 0.6 is 0 Å². The van der Waals surface area contributed by atoms with Gasteiger partial charge < -0.3 is 4.74 Å². The van der Waals surface area contributed by atoms with Crippen molar-refractivity contribution in [3.8, 4) is 5.69 Å². The van der Waals surface area contributed by atoms with Gasteiger partial charge in [0.05, 0.1) is 5.69 Å². The van der Waals surface area contributed by atoms with Gasteiger partial charge in [0, 0.05) is 31.2 Å². The molecule has 0 saturated heterocycles. The lowest BCUT2D eigenvalue weighted by atomic mass is 9.47. The monoisotopic (exact) mass is 458 g/mol. The van der Waals surface area contributed by atoms with E-state index in [1.807, 2.05) is 6.20 Å². The highest BCUT2D eigenvalue weighted by Crippen LogP contribution is 2.68. The summed E-state index contributed by atoms with van der Waals surface area (Å²) < 4.78 is 7.82. The number of fused-ring (bicyclic) bond motifs is 5. The van der Waals surface area contributed by atoms with Crippen LogP contribution in [-0.4, -0.2) is 21.9 Å². The van der Waals surface area contributed by atoms with Gasteiger partial charge in [-0.1, -0.05) is 43.7 Å². The Morgan fingerprint density at radius 1 is 1.03 bits per heavy atom. The molecule has 0 N–H and O–H groups in total. The number of para-hydroxylation sites is 1. The summed E-state index contributed by atoms with van der Waals surface area (Å²) in [6, 6.07) is 12.9. The Morgan fingerprint density at radius 3 is 2.65 bits per heavy atom. The first kappa shape index (κ1) is 22.1. The van der Waals surface area contributed by atoms with Gasteiger partial charge in [-0.25, -0.2) is 4.68 Å². The number of allylic oxidation sites excluding steroid dienone is 1. The van der Waals surface area contributed by atoms with Gasteiger partial charge in [0.1, 0.15) is 6.10 Å². The van der Waals surface area contributed by atoms with Crippen molar-refractivity contribution >= 4 is 5.97 Å². The maximum absolute atomic E-state index is 11.5. The summed E-state index contributed by atoms with van der Waals surface area (Å²) in [5.41, 5.74) is 4.77. The second kappa shape index (κ2) is 8.10. The summed E-state index contributed by atoms with van der Waals surface area (Å²) in [5.74, 6) is 2.75. The fourth-order valence-corrected chi connectivity index (χ4v) is 8.81. The molecule has 0 aliphatic heterocycles. The van der Waals surface area contributed by atoms with Crippen LogP contribution < -0.4 is 0 Å². The van der Waals surface area contributed by atoms with E-state index in [0.29, 0.717) is 11.3 Å². The first-order valence-electron chi connectivity index (χ1n) is 13.4. The Balaban J connectivity index is 1.28. The van der Waals surface area contributed by atoms with E-state index in [0.717, 1.165) is 37.0 Å². The van der Waals surface area contributed by atoms with Crippen LogP contribution in [0.4, 0.5) is 0 Å². The van der Waals surface area contributed by atoms with Crippen LogP contribution in [0.25, 0.3) is 5.69 Å². The molecule has 3 saturated carbocycles. The number of aromatic nitrogens is 2. The van der Waals surface area contributed by atoms with E-state index in [9.17, 15) is 4.79 Å². The lowest BCUT2D eigenvalue weighted by Gasteiger charge is -2.58. The number of carbonyl (C=O) groups excluding carboxylic acids is 1. The van der Waals surface area contributed by atoms with Gasteiger partial charge in [-0.2, -0.15) is 5.10 Å². The molecule has 0 amide bonds. The Labute approximate surface area is 203 Å². The maximum atomic E-state index is 11.5. The van der Waals surface area contributed by atoms with E-state index < -0.39 is 0 Å². The molecule has 180 valence electrons. The second-order valence-corrected chi connectivity index (χ2v) is 11.9. The van der Waals surface area contributed by atoms with Crippen molar-refractivity contribution in [2.24, 2.45) is 28.6 Å². The molecule has 0 bridgehead atoms. The van der Waals surface area contributed by atoms with Gasteiger partial charge in [0.2, 0.25) is 0 Å². The van der Waals surface area contributed by atoms with Crippen LogP contribution in [0.1, 0.15) is 83.7 Å². The zero-order chi connectivity index (χ0) is 23.5. The fourth-order valence-electron chi connectivity index (χ4n) is 8.81. The van der Waals surface area contributed by atoms with E-state index in [-0.39, 0.29) is 17.5 Å². The summed E-state index contributed by atoms with van der Waals surface area (Å²) in [6.07, 6.45) is 14.2. The third-order valence-electron chi connectivity index (χ3n) is 10.4. The van der Waals surface area contributed by atoms with E-state index >= 15 is 0 Å². The molecule has 4 nitrogen and oxygen atoms in total. The number of rotatable bonds is 3. The number of nitrogens with zero attached hydrogens (tertiary/aromatic N) is 2. The number of benzene rings is 1.